The predicted molar refractivity (Wildman–Crippen MR) is 67.7 cm³/mol. The standard InChI is InChI=1S/C14H12N2/c1-10-8-12(9-15-10)14-7-6-11-4-2-3-5-13(11)16-14/h2-8H,9H2,1H3. The Kier molecular flexibility index (Phi) is 2.07. The first-order valence-corrected chi connectivity index (χ1v) is 5.41. The number of pyridine rings is 1. The molecule has 0 aliphatic carbocycles. The van der Waals surface area contributed by atoms with Crippen molar-refractivity contribution in [1.82, 2.24) is 4.98 Å². The Morgan fingerprint density at radius 3 is 2.75 bits per heavy atom. The summed E-state index contributed by atoms with van der Waals surface area (Å²) in [5, 5.41) is 1.18. The van der Waals surface area contributed by atoms with Crippen LogP contribution >= 0.6 is 0 Å². The van der Waals surface area contributed by atoms with Gasteiger partial charge in [-0.2, -0.15) is 0 Å². The average Bonchev–Trinajstić information content (AvgIpc) is 2.75. The second-order valence-electron chi connectivity index (χ2n) is 4.02. The molecular weight excluding hydrogens is 196 g/mol. The molecule has 2 aromatic rings. The Balaban J connectivity index is 2.09. The van der Waals surface area contributed by atoms with Crippen LogP contribution in [0.15, 0.2) is 47.5 Å². The summed E-state index contributed by atoms with van der Waals surface area (Å²) < 4.78 is 0. The number of nitrogens with zero attached hydrogens (tertiary/aromatic N) is 2. The molecule has 0 saturated heterocycles. The molecule has 78 valence electrons. The summed E-state index contributed by atoms with van der Waals surface area (Å²) >= 11 is 0. The van der Waals surface area contributed by atoms with Crippen LogP contribution < -0.4 is 0 Å². The van der Waals surface area contributed by atoms with Gasteiger partial charge in [-0.05, 0) is 25.1 Å². The lowest BCUT2D eigenvalue weighted by molar-refractivity contribution is 1.24. The van der Waals surface area contributed by atoms with E-state index in [9.17, 15) is 0 Å². The highest BCUT2D eigenvalue weighted by Crippen LogP contribution is 2.20. The van der Waals surface area contributed by atoms with Gasteiger partial charge in [0.05, 0.1) is 17.8 Å². The average molecular weight is 208 g/mol. The molecule has 16 heavy (non-hydrogen) atoms. The summed E-state index contributed by atoms with van der Waals surface area (Å²) in [5.41, 5.74) is 4.39. The van der Waals surface area contributed by atoms with Gasteiger partial charge in [0.15, 0.2) is 0 Å². The van der Waals surface area contributed by atoms with E-state index in [-0.39, 0.29) is 0 Å². The summed E-state index contributed by atoms with van der Waals surface area (Å²) in [6, 6.07) is 12.4. The van der Waals surface area contributed by atoms with Crippen LogP contribution in [0.1, 0.15) is 12.6 Å². The molecule has 0 unspecified atom stereocenters. The van der Waals surface area contributed by atoms with E-state index < -0.39 is 0 Å². The van der Waals surface area contributed by atoms with Crippen LogP contribution in [0.3, 0.4) is 0 Å². The highest BCUT2D eigenvalue weighted by Gasteiger charge is 2.08. The zero-order valence-electron chi connectivity index (χ0n) is 9.14. The van der Waals surface area contributed by atoms with Crippen LogP contribution in [0.2, 0.25) is 0 Å². The van der Waals surface area contributed by atoms with Crippen LogP contribution in [0, 0.1) is 0 Å². The van der Waals surface area contributed by atoms with Gasteiger partial charge < -0.3 is 0 Å². The van der Waals surface area contributed by atoms with Gasteiger partial charge in [-0.25, -0.2) is 4.98 Å². The summed E-state index contributed by atoms with van der Waals surface area (Å²) in [6.07, 6.45) is 2.11. The quantitative estimate of drug-likeness (QED) is 0.707. The molecule has 0 atom stereocenters. The number of para-hydroxylation sites is 1. The molecule has 1 aromatic heterocycles. The van der Waals surface area contributed by atoms with E-state index in [0.717, 1.165) is 23.5 Å². The molecule has 2 heterocycles. The Labute approximate surface area is 94.4 Å². The Bertz CT molecular complexity index is 609. The largest absolute Gasteiger partial charge is 0.285 e. The first-order chi connectivity index (χ1) is 7.83. The lowest BCUT2D eigenvalue weighted by Gasteiger charge is -2.02. The fourth-order valence-electron chi connectivity index (χ4n) is 1.95. The van der Waals surface area contributed by atoms with Gasteiger partial charge in [-0.15, -0.1) is 0 Å². The maximum atomic E-state index is 4.65. The van der Waals surface area contributed by atoms with E-state index in [1.807, 2.05) is 25.1 Å². The lowest BCUT2D eigenvalue weighted by Crippen LogP contribution is -1.90. The van der Waals surface area contributed by atoms with Crippen LogP contribution in [0.25, 0.3) is 16.5 Å². The van der Waals surface area contributed by atoms with E-state index in [0.29, 0.717) is 0 Å². The molecule has 1 aliphatic heterocycles. The molecule has 0 radical (unpaired) electrons. The number of fused-ring (bicyclic) bond motifs is 1. The van der Waals surface area contributed by atoms with Crippen LogP contribution in [-0.4, -0.2) is 17.2 Å². The number of benzene rings is 1. The van der Waals surface area contributed by atoms with E-state index in [2.05, 4.69) is 34.3 Å². The number of hydrogen-bond acceptors (Lipinski definition) is 2. The number of aromatic nitrogens is 1. The minimum absolute atomic E-state index is 0.761. The molecule has 0 N–H and O–H groups in total. The fraction of sp³-hybridized carbons (Fsp3) is 0.143. The van der Waals surface area contributed by atoms with Crippen molar-refractivity contribution in [2.45, 2.75) is 6.92 Å². The first-order valence-electron chi connectivity index (χ1n) is 5.41. The minimum Gasteiger partial charge on any atom is -0.285 e. The second kappa shape index (κ2) is 3.56. The normalized spacial score (nSPS) is 15.1. The molecule has 1 aromatic carbocycles. The van der Waals surface area contributed by atoms with Gasteiger partial charge in [-0.3, -0.25) is 4.99 Å². The fourth-order valence-corrected chi connectivity index (χ4v) is 1.95. The topological polar surface area (TPSA) is 25.2 Å². The SMILES string of the molecule is CC1=NCC(c2ccc3ccccc3n2)=C1. The van der Waals surface area contributed by atoms with Gasteiger partial charge in [0.1, 0.15) is 0 Å². The molecule has 2 heteroatoms. The van der Waals surface area contributed by atoms with E-state index in [1.54, 1.807) is 0 Å². The monoisotopic (exact) mass is 208 g/mol. The lowest BCUT2D eigenvalue weighted by atomic mass is 10.1. The number of hydrogen-bond donors (Lipinski definition) is 0. The molecule has 0 fully saturated rings. The van der Waals surface area contributed by atoms with Crippen molar-refractivity contribution >= 4 is 22.2 Å². The van der Waals surface area contributed by atoms with Crippen molar-refractivity contribution in [2.24, 2.45) is 4.99 Å². The van der Waals surface area contributed by atoms with E-state index in [4.69, 9.17) is 0 Å². The smallest absolute Gasteiger partial charge is 0.0709 e. The summed E-state index contributed by atoms with van der Waals surface area (Å²) in [4.78, 5) is 9.01. The maximum absolute atomic E-state index is 4.65. The number of aliphatic imine (C=N–C) groups is 1. The molecule has 0 spiro atoms. The van der Waals surface area contributed by atoms with Gasteiger partial charge in [-0.1, -0.05) is 24.3 Å². The van der Waals surface area contributed by atoms with Crippen molar-refractivity contribution in [1.29, 1.82) is 0 Å². The van der Waals surface area contributed by atoms with Gasteiger partial charge in [0, 0.05) is 16.7 Å². The predicted octanol–water partition coefficient (Wildman–Crippen LogP) is 3.09. The van der Waals surface area contributed by atoms with Crippen molar-refractivity contribution < 1.29 is 0 Å². The van der Waals surface area contributed by atoms with Crippen molar-refractivity contribution in [2.75, 3.05) is 6.54 Å². The molecule has 0 amide bonds. The summed E-state index contributed by atoms with van der Waals surface area (Å²) in [6.45, 7) is 2.78. The van der Waals surface area contributed by atoms with Crippen molar-refractivity contribution in [3.8, 4) is 0 Å². The van der Waals surface area contributed by atoms with Gasteiger partial charge in [0.2, 0.25) is 0 Å². The minimum atomic E-state index is 0.761. The Morgan fingerprint density at radius 1 is 1.06 bits per heavy atom. The molecule has 3 rings (SSSR count). The number of allylic oxidation sites excluding steroid dienone is 1. The first kappa shape index (κ1) is 9.28. The third kappa shape index (κ3) is 1.52. The zero-order chi connectivity index (χ0) is 11.0. The highest BCUT2D eigenvalue weighted by molar-refractivity contribution is 6.03. The number of rotatable bonds is 1. The van der Waals surface area contributed by atoms with Crippen molar-refractivity contribution in [3.63, 3.8) is 0 Å². The summed E-state index contributed by atoms with van der Waals surface area (Å²) in [5.74, 6) is 0. The molecule has 0 bridgehead atoms. The zero-order valence-corrected chi connectivity index (χ0v) is 9.14. The molecule has 1 aliphatic rings. The molecule has 2 nitrogen and oxygen atoms in total. The van der Waals surface area contributed by atoms with Crippen molar-refractivity contribution in [3.05, 3.63) is 48.2 Å². The van der Waals surface area contributed by atoms with Crippen LogP contribution in [0.4, 0.5) is 0 Å². The molecule has 0 saturated carbocycles. The van der Waals surface area contributed by atoms with Crippen LogP contribution in [0.5, 0.6) is 0 Å². The van der Waals surface area contributed by atoms with E-state index >= 15 is 0 Å². The maximum Gasteiger partial charge on any atom is 0.0709 e. The van der Waals surface area contributed by atoms with E-state index in [1.165, 1.54) is 11.0 Å². The summed E-state index contributed by atoms with van der Waals surface area (Å²) in [7, 11) is 0. The highest BCUT2D eigenvalue weighted by atomic mass is 14.8. The van der Waals surface area contributed by atoms with Crippen LogP contribution in [-0.2, 0) is 0 Å². The third-order valence-corrected chi connectivity index (χ3v) is 2.81. The Morgan fingerprint density at radius 2 is 1.94 bits per heavy atom. The van der Waals surface area contributed by atoms with Gasteiger partial charge in [0.25, 0.3) is 0 Å². The Hall–Kier alpha value is -1.96. The second-order valence-corrected chi connectivity index (χ2v) is 4.02. The van der Waals surface area contributed by atoms with Gasteiger partial charge >= 0.3 is 0 Å². The molecular formula is C14H12N2. The third-order valence-electron chi connectivity index (χ3n) is 2.81.